The Balaban J connectivity index is 2.32. The van der Waals surface area contributed by atoms with Crippen LogP contribution >= 0.6 is 0 Å². The standard InChI is InChI=1S/C14H24N4O2S/c1-3-9-16-14(15-2)17-10-11-21(19,20)18-12-13-7-5-4-6-8-13/h4-8,18H,3,9-12H2,1-2H3,(H2,15,16,17). The molecule has 0 unspecified atom stereocenters. The molecule has 6 nitrogen and oxygen atoms in total. The Hall–Kier alpha value is -1.60. The van der Waals surface area contributed by atoms with Gasteiger partial charge in [-0.05, 0) is 12.0 Å². The van der Waals surface area contributed by atoms with Gasteiger partial charge in [-0.3, -0.25) is 4.99 Å². The third-order valence-corrected chi connectivity index (χ3v) is 4.09. The van der Waals surface area contributed by atoms with E-state index in [1.165, 1.54) is 0 Å². The van der Waals surface area contributed by atoms with E-state index in [1.54, 1.807) is 7.05 Å². The molecule has 0 saturated heterocycles. The highest BCUT2D eigenvalue weighted by molar-refractivity contribution is 7.89. The lowest BCUT2D eigenvalue weighted by Crippen LogP contribution is -2.41. The zero-order valence-corrected chi connectivity index (χ0v) is 13.4. The van der Waals surface area contributed by atoms with Crippen molar-refractivity contribution in [2.75, 3.05) is 25.9 Å². The van der Waals surface area contributed by atoms with Crippen LogP contribution in [0.5, 0.6) is 0 Å². The monoisotopic (exact) mass is 312 g/mol. The van der Waals surface area contributed by atoms with Crippen molar-refractivity contribution in [1.82, 2.24) is 15.4 Å². The molecule has 0 fully saturated rings. The van der Waals surface area contributed by atoms with Gasteiger partial charge >= 0.3 is 0 Å². The summed E-state index contributed by atoms with van der Waals surface area (Å²) < 4.78 is 26.3. The first-order valence-corrected chi connectivity index (χ1v) is 8.68. The van der Waals surface area contributed by atoms with Crippen LogP contribution in [0.2, 0.25) is 0 Å². The molecule has 0 spiro atoms. The zero-order valence-electron chi connectivity index (χ0n) is 12.6. The van der Waals surface area contributed by atoms with Crippen LogP contribution in [-0.4, -0.2) is 40.3 Å². The maximum Gasteiger partial charge on any atom is 0.213 e. The molecule has 3 N–H and O–H groups in total. The zero-order chi connectivity index (χ0) is 15.6. The summed E-state index contributed by atoms with van der Waals surface area (Å²) in [6.07, 6.45) is 0.984. The van der Waals surface area contributed by atoms with Crippen LogP contribution in [0, 0.1) is 0 Å². The van der Waals surface area contributed by atoms with E-state index < -0.39 is 10.0 Å². The SMILES string of the molecule is CCCNC(=NC)NCCS(=O)(=O)NCc1ccccc1. The van der Waals surface area contributed by atoms with E-state index >= 15 is 0 Å². The Morgan fingerprint density at radius 3 is 2.43 bits per heavy atom. The van der Waals surface area contributed by atoms with Crippen LogP contribution in [0.15, 0.2) is 35.3 Å². The highest BCUT2D eigenvalue weighted by Crippen LogP contribution is 1.98. The van der Waals surface area contributed by atoms with Crippen molar-refractivity contribution in [3.05, 3.63) is 35.9 Å². The van der Waals surface area contributed by atoms with Crippen molar-refractivity contribution in [2.24, 2.45) is 4.99 Å². The molecular weight excluding hydrogens is 288 g/mol. The number of guanidine groups is 1. The van der Waals surface area contributed by atoms with Gasteiger partial charge in [0.05, 0.1) is 5.75 Å². The number of rotatable bonds is 8. The number of hydrogen-bond donors (Lipinski definition) is 3. The Labute approximate surface area is 127 Å². The Morgan fingerprint density at radius 2 is 1.81 bits per heavy atom. The summed E-state index contributed by atoms with van der Waals surface area (Å²) in [7, 11) is -1.64. The molecule has 0 heterocycles. The Kier molecular flexibility index (Phi) is 7.78. The average molecular weight is 312 g/mol. The van der Waals surface area contributed by atoms with Crippen LogP contribution in [0.25, 0.3) is 0 Å². The first-order valence-electron chi connectivity index (χ1n) is 7.03. The van der Waals surface area contributed by atoms with Crippen LogP contribution in [0.1, 0.15) is 18.9 Å². The molecule has 1 rings (SSSR count). The molecule has 0 aromatic heterocycles. The number of nitrogens with zero attached hydrogens (tertiary/aromatic N) is 1. The van der Waals surface area contributed by atoms with Gasteiger partial charge in [0.2, 0.25) is 10.0 Å². The van der Waals surface area contributed by atoms with Gasteiger partial charge in [0.15, 0.2) is 5.96 Å². The lowest BCUT2D eigenvalue weighted by Gasteiger charge is -2.11. The minimum atomic E-state index is -3.30. The van der Waals surface area contributed by atoms with Gasteiger partial charge in [0.25, 0.3) is 0 Å². The van der Waals surface area contributed by atoms with Crippen molar-refractivity contribution in [3.63, 3.8) is 0 Å². The molecule has 0 bridgehead atoms. The van der Waals surface area contributed by atoms with Crippen molar-refractivity contribution >= 4 is 16.0 Å². The molecule has 21 heavy (non-hydrogen) atoms. The van der Waals surface area contributed by atoms with Crippen molar-refractivity contribution in [2.45, 2.75) is 19.9 Å². The predicted octanol–water partition coefficient (Wildman–Crippen LogP) is 0.681. The van der Waals surface area contributed by atoms with Gasteiger partial charge in [-0.25, -0.2) is 13.1 Å². The van der Waals surface area contributed by atoms with Gasteiger partial charge in [-0.1, -0.05) is 37.3 Å². The van der Waals surface area contributed by atoms with Crippen LogP contribution in [0.3, 0.4) is 0 Å². The number of aliphatic imine (C=N–C) groups is 1. The Bertz CT molecular complexity index is 529. The second-order valence-electron chi connectivity index (χ2n) is 4.55. The smallest absolute Gasteiger partial charge is 0.213 e. The first-order chi connectivity index (χ1) is 10.1. The fourth-order valence-corrected chi connectivity index (χ4v) is 2.53. The normalized spacial score (nSPS) is 12.2. The Morgan fingerprint density at radius 1 is 1.14 bits per heavy atom. The molecule has 118 valence electrons. The van der Waals surface area contributed by atoms with Gasteiger partial charge in [-0.15, -0.1) is 0 Å². The topological polar surface area (TPSA) is 82.6 Å². The summed E-state index contributed by atoms with van der Waals surface area (Å²) in [6.45, 7) is 3.48. The third kappa shape index (κ3) is 7.67. The molecule has 0 radical (unpaired) electrons. The minimum absolute atomic E-state index is 0.00661. The minimum Gasteiger partial charge on any atom is -0.356 e. The summed E-state index contributed by atoms with van der Waals surface area (Å²) >= 11 is 0. The molecule has 7 heteroatoms. The third-order valence-electron chi connectivity index (χ3n) is 2.77. The van der Waals surface area contributed by atoms with Crippen LogP contribution in [-0.2, 0) is 16.6 Å². The average Bonchev–Trinajstić information content (AvgIpc) is 2.50. The van der Waals surface area contributed by atoms with E-state index in [0.29, 0.717) is 19.0 Å². The molecule has 0 aliphatic rings. The quantitative estimate of drug-likeness (QED) is 0.487. The largest absolute Gasteiger partial charge is 0.356 e. The van der Waals surface area contributed by atoms with E-state index in [0.717, 1.165) is 18.5 Å². The van der Waals surface area contributed by atoms with E-state index in [4.69, 9.17) is 0 Å². The van der Waals surface area contributed by atoms with E-state index in [2.05, 4.69) is 27.3 Å². The van der Waals surface area contributed by atoms with Crippen LogP contribution < -0.4 is 15.4 Å². The number of hydrogen-bond acceptors (Lipinski definition) is 3. The molecule has 0 aliphatic heterocycles. The van der Waals surface area contributed by atoms with Gasteiger partial charge in [0.1, 0.15) is 0 Å². The van der Waals surface area contributed by atoms with E-state index in [1.807, 2.05) is 30.3 Å². The van der Waals surface area contributed by atoms with Gasteiger partial charge < -0.3 is 10.6 Å². The molecule has 0 atom stereocenters. The maximum absolute atomic E-state index is 11.9. The highest BCUT2D eigenvalue weighted by Gasteiger charge is 2.09. The van der Waals surface area contributed by atoms with Crippen molar-refractivity contribution < 1.29 is 8.42 Å². The van der Waals surface area contributed by atoms with Gasteiger partial charge in [-0.2, -0.15) is 0 Å². The summed E-state index contributed by atoms with van der Waals surface area (Å²) in [5.74, 6) is 0.627. The highest BCUT2D eigenvalue weighted by atomic mass is 32.2. The first kappa shape index (κ1) is 17.5. The number of sulfonamides is 1. The summed E-state index contributed by atoms with van der Waals surface area (Å²) in [5.41, 5.74) is 0.939. The lowest BCUT2D eigenvalue weighted by molar-refractivity contribution is 0.580. The van der Waals surface area contributed by atoms with E-state index in [-0.39, 0.29) is 5.75 Å². The predicted molar refractivity (Wildman–Crippen MR) is 86.7 cm³/mol. The molecular formula is C14H24N4O2S. The second-order valence-corrected chi connectivity index (χ2v) is 6.48. The summed E-state index contributed by atoms with van der Waals surface area (Å²) in [4.78, 5) is 4.02. The lowest BCUT2D eigenvalue weighted by atomic mass is 10.2. The molecule has 0 saturated carbocycles. The fraction of sp³-hybridized carbons (Fsp3) is 0.500. The maximum atomic E-state index is 11.9. The number of benzene rings is 1. The second kappa shape index (κ2) is 9.36. The molecule has 1 aromatic carbocycles. The van der Waals surface area contributed by atoms with Crippen molar-refractivity contribution in [1.29, 1.82) is 0 Å². The number of nitrogens with one attached hydrogen (secondary N) is 3. The molecule has 0 amide bonds. The summed E-state index contributed by atoms with van der Waals surface area (Å²) in [6, 6.07) is 9.44. The fourth-order valence-electron chi connectivity index (χ4n) is 1.63. The molecule has 1 aromatic rings. The van der Waals surface area contributed by atoms with Crippen molar-refractivity contribution in [3.8, 4) is 0 Å². The molecule has 0 aliphatic carbocycles. The summed E-state index contributed by atoms with van der Waals surface area (Å²) in [5, 5.41) is 6.07. The van der Waals surface area contributed by atoms with Crippen LogP contribution in [0.4, 0.5) is 0 Å². The van der Waals surface area contributed by atoms with Gasteiger partial charge in [0, 0.05) is 26.7 Å². The van der Waals surface area contributed by atoms with E-state index in [9.17, 15) is 8.42 Å².